The smallest absolute Gasteiger partial charge is 0.261 e. The summed E-state index contributed by atoms with van der Waals surface area (Å²) in [5.74, 6) is 0. The first-order chi connectivity index (χ1) is 11.9. The highest BCUT2D eigenvalue weighted by atomic mass is 28.4. The molecule has 0 N–H and O–H groups in total. The number of allylic oxidation sites excluding steroid dienone is 1. The van der Waals surface area contributed by atoms with Gasteiger partial charge in [0.2, 0.25) is 0 Å². The molecule has 0 saturated carbocycles. The molecule has 0 aromatic heterocycles. The van der Waals surface area contributed by atoms with Crippen LogP contribution in [-0.4, -0.2) is 14.9 Å². The summed E-state index contributed by atoms with van der Waals surface area (Å²) in [6, 6.07) is 21.6. The average molecular weight is 351 g/mol. The first-order valence-electron chi connectivity index (χ1n) is 9.02. The highest BCUT2D eigenvalue weighted by molar-refractivity contribution is 6.99. The molecule has 0 atom stereocenters. The number of hydrogen-bond acceptors (Lipinski definition) is 1. The lowest BCUT2D eigenvalue weighted by molar-refractivity contribution is 0.292. The number of hydrogen-bond donors (Lipinski definition) is 0. The van der Waals surface area contributed by atoms with Crippen LogP contribution in [0.4, 0.5) is 0 Å². The second-order valence-corrected chi connectivity index (χ2v) is 11.9. The van der Waals surface area contributed by atoms with E-state index in [0.29, 0.717) is 0 Å². The number of rotatable bonds is 7. The summed E-state index contributed by atoms with van der Waals surface area (Å²) in [5.41, 5.74) is 4.18. The maximum absolute atomic E-state index is 6.84. The van der Waals surface area contributed by atoms with Gasteiger partial charge < -0.3 is 4.43 Å². The van der Waals surface area contributed by atoms with Gasteiger partial charge in [-0.2, -0.15) is 0 Å². The molecule has 25 heavy (non-hydrogen) atoms. The van der Waals surface area contributed by atoms with Gasteiger partial charge in [-0.1, -0.05) is 88.0 Å². The molecule has 0 spiro atoms. The lowest BCUT2D eigenvalue weighted by Gasteiger charge is -2.43. The summed E-state index contributed by atoms with van der Waals surface area (Å²) in [6.45, 7) is 13.5. The van der Waals surface area contributed by atoms with Crippen molar-refractivity contribution < 1.29 is 4.43 Å². The van der Waals surface area contributed by atoms with Crippen molar-refractivity contribution in [3.05, 3.63) is 78.5 Å². The van der Waals surface area contributed by atoms with Crippen LogP contribution in [0.5, 0.6) is 0 Å². The van der Waals surface area contributed by atoms with Crippen molar-refractivity contribution in [3.8, 4) is 0 Å². The van der Waals surface area contributed by atoms with Crippen LogP contribution in [0.25, 0.3) is 0 Å². The van der Waals surface area contributed by atoms with Gasteiger partial charge in [-0.15, -0.1) is 5.73 Å². The van der Waals surface area contributed by atoms with Crippen molar-refractivity contribution in [2.45, 2.75) is 45.6 Å². The Bertz CT molecular complexity index is 667. The Labute approximate surface area is 154 Å². The number of benzene rings is 2. The molecule has 2 heteroatoms. The largest absolute Gasteiger partial charge is 0.407 e. The molecule has 0 aliphatic carbocycles. The molecule has 132 valence electrons. The Kier molecular flexibility index (Phi) is 6.61. The molecule has 2 aromatic rings. The van der Waals surface area contributed by atoms with Crippen LogP contribution < -0.4 is 10.4 Å². The van der Waals surface area contributed by atoms with Gasteiger partial charge >= 0.3 is 0 Å². The fraction of sp³-hybridized carbons (Fsp3) is 0.348. The first-order valence-corrected chi connectivity index (χ1v) is 10.9. The third kappa shape index (κ3) is 4.41. The van der Waals surface area contributed by atoms with Gasteiger partial charge in [0.25, 0.3) is 8.32 Å². The second kappa shape index (κ2) is 8.49. The fourth-order valence-electron chi connectivity index (χ4n) is 3.41. The quantitative estimate of drug-likeness (QED) is 0.385. The van der Waals surface area contributed by atoms with Crippen LogP contribution in [0.3, 0.4) is 0 Å². The van der Waals surface area contributed by atoms with E-state index in [-0.39, 0.29) is 5.04 Å². The molecule has 0 unspecified atom stereocenters. The zero-order valence-corrected chi connectivity index (χ0v) is 17.0. The summed E-state index contributed by atoms with van der Waals surface area (Å²) < 4.78 is 6.84. The summed E-state index contributed by atoms with van der Waals surface area (Å²) in [4.78, 5) is 0. The molecule has 0 saturated heterocycles. The summed E-state index contributed by atoms with van der Waals surface area (Å²) in [6.07, 6.45) is 1.99. The van der Waals surface area contributed by atoms with Crippen LogP contribution in [0.2, 0.25) is 5.04 Å². The molecule has 0 radical (unpaired) electrons. The van der Waals surface area contributed by atoms with Crippen molar-refractivity contribution in [3.63, 3.8) is 0 Å². The lowest BCUT2D eigenvalue weighted by Crippen LogP contribution is -2.66. The molecular formula is C23H30OSi. The predicted octanol–water partition coefficient (Wildman–Crippen LogP) is 5.07. The lowest BCUT2D eigenvalue weighted by atomic mass is 10.2. The predicted molar refractivity (Wildman–Crippen MR) is 111 cm³/mol. The van der Waals surface area contributed by atoms with E-state index in [0.717, 1.165) is 19.4 Å². The van der Waals surface area contributed by atoms with E-state index in [1.54, 1.807) is 0 Å². The van der Waals surface area contributed by atoms with E-state index in [4.69, 9.17) is 4.43 Å². The van der Waals surface area contributed by atoms with Crippen LogP contribution in [0, 0.1) is 0 Å². The third-order valence-electron chi connectivity index (χ3n) is 4.73. The maximum Gasteiger partial charge on any atom is 0.261 e. The summed E-state index contributed by atoms with van der Waals surface area (Å²) in [5, 5.41) is 2.72. The van der Waals surface area contributed by atoms with Crippen LogP contribution in [0.1, 0.15) is 40.5 Å². The van der Waals surface area contributed by atoms with Gasteiger partial charge in [-0.25, -0.2) is 0 Å². The van der Waals surface area contributed by atoms with E-state index in [2.05, 4.69) is 101 Å². The van der Waals surface area contributed by atoms with Crippen LogP contribution >= 0.6 is 0 Å². The molecule has 0 amide bonds. The monoisotopic (exact) mass is 350 g/mol. The first kappa shape index (κ1) is 19.5. The van der Waals surface area contributed by atoms with Gasteiger partial charge in [0, 0.05) is 6.61 Å². The van der Waals surface area contributed by atoms with Gasteiger partial charge in [0.15, 0.2) is 0 Å². The van der Waals surface area contributed by atoms with Crippen molar-refractivity contribution in [1.29, 1.82) is 0 Å². The fourth-order valence-corrected chi connectivity index (χ4v) is 8.02. The summed E-state index contributed by atoms with van der Waals surface area (Å²) >= 11 is 0. The van der Waals surface area contributed by atoms with Crippen LogP contribution in [0.15, 0.2) is 78.5 Å². The highest BCUT2D eigenvalue weighted by Gasteiger charge is 2.49. The Hall–Kier alpha value is -1.86. The molecule has 0 bridgehead atoms. The van der Waals surface area contributed by atoms with E-state index in [9.17, 15) is 0 Å². The van der Waals surface area contributed by atoms with Crippen LogP contribution in [-0.2, 0) is 4.43 Å². The van der Waals surface area contributed by atoms with Gasteiger partial charge in [0.05, 0.1) is 0 Å². The SMILES string of the molecule is C=C=C(C)CCCO[Si](c1ccccc1)(c1ccccc1)C(C)(C)C. The van der Waals surface area contributed by atoms with Crippen molar-refractivity contribution in [2.24, 2.45) is 0 Å². The van der Waals surface area contributed by atoms with Crippen molar-refractivity contribution in [2.75, 3.05) is 6.61 Å². The molecular weight excluding hydrogens is 320 g/mol. The normalized spacial score (nSPS) is 11.8. The van der Waals surface area contributed by atoms with Crippen molar-refractivity contribution in [1.82, 2.24) is 0 Å². The Balaban J connectivity index is 2.44. The second-order valence-electron chi connectivity index (χ2n) is 7.57. The maximum atomic E-state index is 6.84. The minimum atomic E-state index is -2.38. The van der Waals surface area contributed by atoms with E-state index >= 15 is 0 Å². The zero-order chi connectivity index (χ0) is 18.3. The Morgan fingerprint density at radius 2 is 1.44 bits per heavy atom. The van der Waals surface area contributed by atoms with Crippen molar-refractivity contribution >= 4 is 18.7 Å². The minimum Gasteiger partial charge on any atom is -0.407 e. The molecule has 0 heterocycles. The summed E-state index contributed by atoms with van der Waals surface area (Å²) in [7, 11) is -2.38. The van der Waals surface area contributed by atoms with Gasteiger partial charge in [0.1, 0.15) is 0 Å². The molecule has 2 aromatic carbocycles. The van der Waals surface area contributed by atoms with Gasteiger partial charge in [-0.3, -0.25) is 0 Å². The third-order valence-corrected chi connectivity index (χ3v) is 9.78. The zero-order valence-electron chi connectivity index (χ0n) is 16.0. The minimum absolute atomic E-state index is 0.0407. The highest BCUT2D eigenvalue weighted by Crippen LogP contribution is 2.36. The molecule has 2 rings (SSSR count). The molecule has 0 fully saturated rings. The topological polar surface area (TPSA) is 9.23 Å². The van der Waals surface area contributed by atoms with E-state index < -0.39 is 8.32 Å². The average Bonchev–Trinajstić information content (AvgIpc) is 2.62. The molecule has 0 aliphatic heterocycles. The molecule has 1 nitrogen and oxygen atoms in total. The molecule has 0 aliphatic rings. The van der Waals surface area contributed by atoms with E-state index in [1.807, 2.05) is 0 Å². The van der Waals surface area contributed by atoms with E-state index in [1.165, 1.54) is 15.9 Å². The Morgan fingerprint density at radius 1 is 0.960 bits per heavy atom. The standard InChI is InChI=1S/C23H30OSi/c1-6-20(2)14-13-19-24-25(23(3,4)5,21-15-9-7-10-16-21)22-17-11-8-12-18-22/h7-12,15-18H,1,13-14,19H2,2-5H3. The van der Waals surface area contributed by atoms with Gasteiger partial charge in [-0.05, 0) is 40.8 Å². The Morgan fingerprint density at radius 3 is 1.84 bits per heavy atom.